The number of likely N-dealkylation sites (N-methyl/N-ethyl adjacent to an activating group) is 1. The minimum atomic E-state index is -4.69. The zero-order valence-corrected chi connectivity index (χ0v) is 10.2. The van der Waals surface area contributed by atoms with Crippen LogP contribution in [0.2, 0.25) is 0 Å². The van der Waals surface area contributed by atoms with Gasteiger partial charge in [-0.3, -0.25) is 10.1 Å². The molecular formula is C11H13F3N2O3. The molecule has 0 unspecified atom stereocenters. The van der Waals surface area contributed by atoms with E-state index in [1.807, 2.05) is 6.92 Å². The number of halogens is 3. The standard InChI is InChI=1S/C11H13F3N2O3/c1-2-15-5-6-19-10-4-3-8(16(17)18)7-9(10)11(12,13)14/h3-4,7,15H,2,5-6H2,1H3. The number of alkyl halides is 3. The summed E-state index contributed by atoms with van der Waals surface area (Å²) in [6, 6.07) is 2.42. The van der Waals surface area contributed by atoms with E-state index >= 15 is 0 Å². The molecule has 1 aromatic carbocycles. The number of ether oxygens (including phenoxy) is 1. The van der Waals surface area contributed by atoms with Gasteiger partial charge >= 0.3 is 6.18 Å². The summed E-state index contributed by atoms with van der Waals surface area (Å²) in [6.07, 6.45) is -4.69. The molecule has 0 spiro atoms. The first-order chi connectivity index (χ1) is 8.86. The van der Waals surface area contributed by atoms with E-state index in [9.17, 15) is 23.3 Å². The number of benzene rings is 1. The zero-order chi connectivity index (χ0) is 14.5. The third-order valence-corrected chi connectivity index (χ3v) is 2.27. The van der Waals surface area contributed by atoms with Crippen molar-refractivity contribution in [1.82, 2.24) is 5.32 Å². The van der Waals surface area contributed by atoms with Gasteiger partial charge in [-0.2, -0.15) is 13.2 Å². The van der Waals surface area contributed by atoms with Gasteiger partial charge in [-0.1, -0.05) is 6.92 Å². The Bertz CT molecular complexity index is 449. The third kappa shape index (κ3) is 4.40. The van der Waals surface area contributed by atoms with Crippen LogP contribution in [0.25, 0.3) is 0 Å². The fourth-order valence-electron chi connectivity index (χ4n) is 1.39. The highest BCUT2D eigenvalue weighted by molar-refractivity contribution is 5.45. The summed E-state index contributed by atoms with van der Waals surface area (Å²) < 4.78 is 43.2. The molecule has 1 aromatic rings. The minimum Gasteiger partial charge on any atom is -0.492 e. The molecule has 0 bridgehead atoms. The van der Waals surface area contributed by atoms with E-state index in [-0.39, 0.29) is 6.61 Å². The van der Waals surface area contributed by atoms with Gasteiger partial charge in [0.15, 0.2) is 0 Å². The Labute approximate surface area is 107 Å². The molecule has 0 aliphatic rings. The maximum atomic E-state index is 12.7. The molecule has 19 heavy (non-hydrogen) atoms. The smallest absolute Gasteiger partial charge is 0.420 e. The van der Waals surface area contributed by atoms with E-state index in [1.54, 1.807) is 0 Å². The van der Waals surface area contributed by atoms with Gasteiger partial charge < -0.3 is 10.1 Å². The van der Waals surface area contributed by atoms with Crippen LogP contribution in [0.1, 0.15) is 12.5 Å². The van der Waals surface area contributed by atoms with Crippen LogP contribution in [0.15, 0.2) is 18.2 Å². The SMILES string of the molecule is CCNCCOc1ccc([N+](=O)[O-])cc1C(F)(F)F. The maximum absolute atomic E-state index is 12.7. The molecule has 0 aliphatic heterocycles. The number of nitro benzene ring substituents is 1. The fraction of sp³-hybridized carbons (Fsp3) is 0.455. The number of nitro groups is 1. The van der Waals surface area contributed by atoms with Gasteiger partial charge in [-0.15, -0.1) is 0 Å². The van der Waals surface area contributed by atoms with Crippen molar-refractivity contribution in [2.24, 2.45) is 0 Å². The molecule has 0 aliphatic carbocycles. The molecule has 0 saturated carbocycles. The molecule has 0 saturated heterocycles. The van der Waals surface area contributed by atoms with Crippen molar-refractivity contribution >= 4 is 5.69 Å². The minimum absolute atomic E-state index is 0.0503. The molecule has 1 rings (SSSR count). The first kappa shape index (κ1) is 15.2. The molecule has 5 nitrogen and oxygen atoms in total. The summed E-state index contributed by atoms with van der Waals surface area (Å²) in [5.41, 5.74) is -1.76. The van der Waals surface area contributed by atoms with Crippen LogP contribution in [-0.4, -0.2) is 24.6 Å². The summed E-state index contributed by atoms with van der Waals surface area (Å²) in [7, 11) is 0. The van der Waals surface area contributed by atoms with Gasteiger partial charge in [-0.25, -0.2) is 0 Å². The number of nitrogens with zero attached hydrogens (tertiary/aromatic N) is 1. The van der Waals surface area contributed by atoms with Crippen LogP contribution < -0.4 is 10.1 Å². The highest BCUT2D eigenvalue weighted by atomic mass is 19.4. The van der Waals surface area contributed by atoms with Crippen molar-refractivity contribution in [3.63, 3.8) is 0 Å². The Balaban J connectivity index is 2.93. The van der Waals surface area contributed by atoms with E-state index in [1.165, 1.54) is 0 Å². The Kier molecular flexibility index (Phi) is 5.11. The van der Waals surface area contributed by atoms with Crippen molar-refractivity contribution < 1.29 is 22.8 Å². The number of rotatable bonds is 6. The van der Waals surface area contributed by atoms with Crippen molar-refractivity contribution in [2.75, 3.05) is 19.7 Å². The first-order valence-electron chi connectivity index (χ1n) is 5.55. The lowest BCUT2D eigenvalue weighted by molar-refractivity contribution is -0.385. The van der Waals surface area contributed by atoms with Crippen LogP contribution in [0.3, 0.4) is 0 Å². The third-order valence-electron chi connectivity index (χ3n) is 2.27. The number of hydrogen-bond donors (Lipinski definition) is 1. The molecule has 0 atom stereocenters. The van der Waals surface area contributed by atoms with E-state index < -0.39 is 28.1 Å². The number of nitrogens with one attached hydrogen (secondary N) is 1. The van der Waals surface area contributed by atoms with Crippen LogP contribution in [0.5, 0.6) is 5.75 Å². The highest BCUT2D eigenvalue weighted by Crippen LogP contribution is 2.38. The Hall–Kier alpha value is -1.83. The number of hydrogen-bond acceptors (Lipinski definition) is 4. The molecule has 1 N–H and O–H groups in total. The quantitative estimate of drug-likeness (QED) is 0.493. The Morgan fingerprint density at radius 2 is 2.11 bits per heavy atom. The molecular weight excluding hydrogens is 265 g/mol. The monoisotopic (exact) mass is 278 g/mol. The van der Waals surface area contributed by atoms with Gasteiger partial charge in [-0.05, 0) is 12.6 Å². The summed E-state index contributed by atoms with van der Waals surface area (Å²) in [4.78, 5) is 9.60. The lowest BCUT2D eigenvalue weighted by Gasteiger charge is -2.13. The largest absolute Gasteiger partial charge is 0.492 e. The lowest BCUT2D eigenvalue weighted by atomic mass is 10.1. The van der Waals surface area contributed by atoms with Crippen molar-refractivity contribution in [3.05, 3.63) is 33.9 Å². The van der Waals surface area contributed by atoms with Gasteiger partial charge in [0.2, 0.25) is 0 Å². The summed E-state index contributed by atoms with van der Waals surface area (Å²) >= 11 is 0. The molecule has 0 fully saturated rings. The normalized spacial score (nSPS) is 11.4. The first-order valence-corrected chi connectivity index (χ1v) is 5.55. The highest BCUT2D eigenvalue weighted by Gasteiger charge is 2.36. The summed E-state index contributed by atoms with van der Waals surface area (Å²) in [5.74, 6) is -0.406. The van der Waals surface area contributed by atoms with E-state index in [4.69, 9.17) is 4.74 Å². The second-order valence-corrected chi connectivity index (χ2v) is 3.64. The topological polar surface area (TPSA) is 64.4 Å². The van der Waals surface area contributed by atoms with E-state index in [0.29, 0.717) is 19.2 Å². The van der Waals surface area contributed by atoms with Gasteiger partial charge in [0.1, 0.15) is 17.9 Å². The summed E-state index contributed by atoms with van der Waals surface area (Å²) in [6.45, 7) is 2.97. The molecule has 8 heteroatoms. The molecule has 106 valence electrons. The van der Waals surface area contributed by atoms with Crippen LogP contribution in [-0.2, 0) is 6.18 Å². The van der Waals surface area contributed by atoms with Crippen LogP contribution >= 0.6 is 0 Å². The van der Waals surface area contributed by atoms with Gasteiger partial charge in [0, 0.05) is 18.7 Å². The van der Waals surface area contributed by atoms with Gasteiger partial charge in [0.25, 0.3) is 5.69 Å². The van der Waals surface area contributed by atoms with Crippen molar-refractivity contribution in [2.45, 2.75) is 13.1 Å². The summed E-state index contributed by atoms with van der Waals surface area (Å²) in [5, 5.41) is 13.4. The molecule has 0 heterocycles. The molecule has 0 aromatic heterocycles. The van der Waals surface area contributed by atoms with E-state index in [2.05, 4.69) is 5.32 Å². The maximum Gasteiger partial charge on any atom is 0.420 e. The average molecular weight is 278 g/mol. The Morgan fingerprint density at radius 3 is 2.63 bits per heavy atom. The average Bonchev–Trinajstić information content (AvgIpc) is 2.33. The van der Waals surface area contributed by atoms with Crippen LogP contribution in [0.4, 0.5) is 18.9 Å². The molecule has 0 amide bonds. The second-order valence-electron chi connectivity index (χ2n) is 3.64. The van der Waals surface area contributed by atoms with Gasteiger partial charge in [0.05, 0.1) is 4.92 Å². The molecule has 0 radical (unpaired) electrons. The Morgan fingerprint density at radius 1 is 1.42 bits per heavy atom. The zero-order valence-electron chi connectivity index (χ0n) is 10.2. The lowest BCUT2D eigenvalue weighted by Crippen LogP contribution is -2.21. The second kappa shape index (κ2) is 6.37. The van der Waals surface area contributed by atoms with Crippen molar-refractivity contribution in [1.29, 1.82) is 0 Å². The predicted octanol–water partition coefficient (Wildman–Crippen LogP) is 2.60. The van der Waals surface area contributed by atoms with E-state index in [0.717, 1.165) is 12.1 Å². The van der Waals surface area contributed by atoms with Crippen molar-refractivity contribution in [3.8, 4) is 5.75 Å². The fourth-order valence-corrected chi connectivity index (χ4v) is 1.39. The van der Waals surface area contributed by atoms with Crippen LogP contribution in [0, 0.1) is 10.1 Å². The predicted molar refractivity (Wildman–Crippen MR) is 62.1 cm³/mol. The number of non-ortho nitro benzene ring substituents is 1.